The van der Waals surface area contributed by atoms with Gasteiger partial charge >= 0.3 is 5.97 Å². The molecule has 0 bridgehead atoms. The van der Waals surface area contributed by atoms with Crippen LogP contribution in [0, 0.1) is 0 Å². The molecule has 0 radical (unpaired) electrons. The second-order valence-corrected chi connectivity index (χ2v) is 7.92. The van der Waals surface area contributed by atoms with Crippen molar-refractivity contribution in [3.63, 3.8) is 0 Å². The first-order chi connectivity index (χ1) is 16.9. The second kappa shape index (κ2) is 12.3. The minimum absolute atomic E-state index is 0.250. The summed E-state index contributed by atoms with van der Waals surface area (Å²) in [5.41, 5.74) is 3.51. The minimum atomic E-state index is -0.560. The molecule has 0 aliphatic carbocycles. The SMILES string of the molecule is COc1ccc(C(=O)NCC(=O)N/N=C/c2cc(Br)ccc2OC(=O)c2ccc(OC)cc2)cc1. The first kappa shape index (κ1) is 25.4. The van der Waals surface area contributed by atoms with E-state index in [1.54, 1.807) is 66.7 Å². The molecule has 0 aromatic heterocycles. The molecule has 0 unspecified atom stereocenters. The highest BCUT2D eigenvalue weighted by atomic mass is 79.9. The summed E-state index contributed by atoms with van der Waals surface area (Å²) < 4.78 is 16.4. The van der Waals surface area contributed by atoms with Crippen molar-refractivity contribution in [3.05, 3.63) is 87.9 Å². The van der Waals surface area contributed by atoms with Gasteiger partial charge in [-0.25, -0.2) is 10.2 Å². The van der Waals surface area contributed by atoms with Crippen molar-refractivity contribution in [2.24, 2.45) is 5.10 Å². The number of halogens is 1. The second-order valence-electron chi connectivity index (χ2n) is 7.00. The van der Waals surface area contributed by atoms with Crippen LogP contribution in [0.1, 0.15) is 26.3 Å². The summed E-state index contributed by atoms with van der Waals surface area (Å²) in [4.78, 5) is 36.7. The largest absolute Gasteiger partial charge is 0.497 e. The van der Waals surface area contributed by atoms with Crippen LogP contribution in [0.15, 0.2) is 76.3 Å². The fraction of sp³-hybridized carbons (Fsp3) is 0.120. The number of benzene rings is 3. The number of ether oxygens (including phenoxy) is 3. The number of hydrazone groups is 1. The van der Waals surface area contributed by atoms with Crippen molar-refractivity contribution in [3.8, 4) is 17.2 Å². The zero-order chi connectivity index (χ0) is 25.2. The molecule has 0 heterocycles. The van der Waals surface area contributed by atoms with E-state index in [-0.39, 0.29) is 12.3 Å². The normalized spacial score (nSPS) is 10.5. The van der Waals surface area contributed by atoms with Crippen molar-refractivity contribution in [2.75, 3.05) is 20.8 Å². The average molecular weight is 540 g/mol. The zero-order valence-electron chi connectivity index (χ0n) is 18.9. The summed E-state index contributed by atoms with van der Waals surface area (Å²) in [6.07, 6.45) is 1.34. The summed E-state index contributed by atoms with van der Waals surface area (Å²) in [6.45, 7) is -0.278. The van der Waals surface area contributed by atoms with E-state index in [1.807, 2.05) is 0 Å². The first-order valence-electron chi connectivity index (χ1n) is 10.3. The van der Waals surface area contributed by atoms with Crippen LogP contribution in [0.2, 0.25) is 0 Å². The van der Waals surface area contributed by atoms with Crippen molar-refractivity contribution >= 4 is 39.9 Å². The lowest BCUT2D eigenvalue weighted by atomic mass is 10.2. The topological polar surface area (TPSA) is 115 Å². The fourth-order valence-corrected chi connectivity index (χ4v) is 3.20. The van der Waals surface area contributed by atoms with E-state index < -0.39 is 17.8 Å². The molecular weight excluding hydrogens is 518 g/mol. The number of methoxy groups -OCH3 is 2. The Morgan fingerprint density at radius 1 is 0.886 bits per heavy atom. The monoisotopic (exact) mass is 539 g/mol. The maximum Gasteiger partial charge on any atom is 0.343 e. The number of carbonyl (C=O) groups is 3. The van der Waals surface area contributed by atoms with Crippen LogP contribution in [-0.4, -0.2) is 44.8 Å². The predicted molar refractivity (Wildman–Crippen MR) is 133 cm³/mol. The third-order valence-electron chi connectivity index (χ3n) is 4.65. The van der Waals surface area contributed by atoms with E-state index in [2.05, 4.69) is 31.8 Å². The number of carbonyl (C=O) groups excluding carboxylic acids is 3. The van der Waals surface area contributed by atoms with Crippen molar-refractivity contribution in [2.45, 2.75) is 0 Å². The highest BCUT2D eigenvalue weighted by molar-refractivity contribution is 9.10. The standard InChI is InChI=1S/C25H22BrN3O6/c1-33-20-8-3-16(4-9-20)24(31)27-15-23(30)29-28-14-18-13-19(26)7-12-22(18)35-25(32)17-5-10-21(34-2)11-6-17/h3-14H,15H2,1-2H3,(H,27,31)(H,29,30)/b28-14+. The van der Waals surface area contributed by atoms with Crippen LogP contribution in [0.3, 0.4) is 0 Å². The molecule has 3 aromatic rings. The molecule has 0 saturated heterocycles. The van der Waals surface area contributed by atoms with Gasteiger partial charge in [-0.05, 0) is 66.7 Å². The number of nitrogens with zero attached hydrogens (tertiary/aromatic N) is 1. The summed E-state index contributed by atoms with van der Waals surface area (Å²) in [5.74, 6) is -0.0136. The fourth-order valence-electron chi connectivity index (χ4n) is 2.82. The molecule has 2 amide bonds. The Morgan fingerprint density at radius 2 is 1.49 bits per heavy atom. The quantitative estimate of drug-likeness (QED) is 0.186. The number of amides is 2. The smallest absolute Gasteiger partial charge is 0.343 e. The van der Waals surface area contributed by atoms with E-state index in [1.165, 1.54) is 20.4 Å². The third kappa shape index (κ3) is 7.41. The van der Waals surface area contributed by atoms with Gasteiger partial charge in [0.1, 0.15) is 17.2 Å². The van der Waals surface area contributed by atoms with Crippen molar-refractivity contribution < 1.29 is 28.6 Å². The Hall–Kier alpha value is -4.18. The first-order valence-corrected chi connectivity index (χ1v) is 11.1. The molecule has 0 fully saturated rings. The van der Waals surface area contributed by atoms with Gasteiger partial charge in [-0.3, -0.25) is 9.59 Å². The van der Waals surface area contributed by atoms with Gasteiger partial charge in [-0.1, -0.05) is 15.9 Å². The van der Waals surface area contributed by atoms with Gasteiger partial charge in [0.25, 0.3) is 11.8 Å². The highest BCUT2D eigenvalue weighted by Crippen LogP contribution is 2.23. The molecule has 9 nitrogen and oxygen atoms in total. The predicted octanol–water partition coefficient (Wildman–Crippen LogP) is 3.57. The van der Waals surface area contributed by atoms with E-state index in [0.29, 0.717) is 28.2 Å². The lowest BCUT2D eigenvalue weighted by molar-refractivity contribution is -0.120. The lowest BCUT2D eigenvalue weighted by Crippen LogP contribution is -2.34. The lowest BCUT2D eigenvalue weighted by Gasteiger charge is -2.09. The molecule has 0 atom stereocenters. The van der Waals surface area contributed by atoms with E-state index in [0.717, 1.165) is 4.47 Å². The molecule has 2 N–H and O–H groups in total. The van der Waals surface area contributed by atoms with Gasteiger partial charge in [0, 0.05) is 15.6 Å². The molecule has 3 aromatic carbocycles. The molecule has 3 rings (SSSR count). The summed E-state index contributed by atoms with van der Waals surface area (Å²) >= 11 is 3.36. The summed E-state index contributed by atoms with van der Waals surface area (Å²) in [7, 11) is 3.07. The van der Waals surface area contributed by atoms with Gasteiger partial charge in [0.15, 0.2) is 0 Å². The van der Waals surface area contributed by atoms with Crippen LogP contribution in [0.5, 0.6) is 17.2 Å². The Labute approximate surface area is 210 Å². The molecule has 0 aliphatic rings. The van der Waals surface area contributed by atoms with E-state index in [9.17, 15) is 14.4 Å². The Bertz CT molecular complexity index is 1230. The van der Waals surface area contributed by atoms with Gasteiger partial charge in [-0.2, -0.15) is 5.10 Å². The molecule has 35 heavy (non-hydrogen) atoms. The maximum absolute atomic E-state index is 12.5. The molecule has 10 heteroatoms. The van der Waals surface area contributed by atoms with Gasteiger partial charge in [0.05, 0.1) is 32.5 Å². The van der Waals surface area contributed by atoms with Gasteiger partial charge in [-0.15, -0.1) is 0 Å². The van der Waals surface area contributed by atoms with Crippen LogP contribution in [0.4, 0.5) is 0 Å². The minimum Gasteiger partial charge on any atom is -0.497 e. The summed E-state index contributed by atoms with van der Waals surface area (Å²) in [5, 5.41) is 6.40. The van der Waals surface area contributed by atoms with Crippen molar-refractivity contribution in [1.82, 2.24) is 10.7 Å². The van der Waals surface area contributed by atoms with Crippen LogP contribution < -0.4 is 25.0 Å². The van der Waals surface area contributed by atoms with Gasteiger partial charge < -0.3 is 19.5 Å². The van der Waals surface area contributed by atoms with Crippen LogP contribution >= 0.6 is 15.9 Å². The Morgan fingerprint density at radius 3 is 2.09 bits per heavy atom. The number of nitrogens with one attached hydrogen (secondary N) is 2. The third-order valence-corrected chi connectivity index (χ3v) is 5.15. The van der Waals surface area contributed by atoms with Crippen LogP contribution in [-0.2, 0) is 4.79 Å². The number of hydrogen-bond acceptors (Lipinski definition) is 7. The molecule has 180 valence electrons. The molecular formula is C25H22BrN3O6. The van der Waals surface area contributed by atoms with E-state index >= 15 is 0 Å². The van der Waals surface area contributed by atoms with E-state index in [4.69, 9.17) is 14.2 Å². The van der Waals surface area contributed by atoms with Crippen molar-refractivity contribution in [1.29, 1.82) is 0 Å². The summed E-state index contributed by atoms with van der Waals surface area (Å²) in [6, 6.07) is 18.0. The number of rotatable bonds is 9. The molecule has 0 saturated carbocycles. The number of esters is 1. The molecule has 0 spiro atoms. The molecule has 0 aliphatic heterocycles. The Balaban J connectivity index is 1.57. The maximum atomic E-state index is 12.5. The van der Waals surface area contributed by atoms with Crippen LogP contribution in [0.25, 0.3) is 0 Å². The number of hydrogen-bond donors (Lipinski definition) is 2. The zero-order valence-corrected chi connectivity index (χ0v) is 20.5. The van der Waals surface area contributed by atoms with Gasteiger partial charge in [0.2, 0.25) is 0 Å². The highest BCUT2D eigenvalue weighted by Gasteiger charge is 2.12. The average Bonchev–Trinajstić information content (AvgIpc) is 2.88. The Kier molecular flexibility index (Phi) is 8.96.